The lowest BCUT2D eigenvalue weighted by molar-refractivity contribution is -0.610. The standard InChI is InChI=1S/C17H18F3N4S2/c1-11-3-2-7-24(15(11)10-26-25-8-6-21)16-22-13-5-4-12(17(18,19)20)9-14(13)23-16/h2-5,7,9H,6,8,10,21H2,1H3,(H,22,23)/q+1. The summed E-state index contributed by atoms with van der Waals surface area (Å²) in [5.41, 5.74) is 7.80. The number of benzene rings is 1. The molecule has 0 spiro atoms. The molecule has 0 fully saturated rings. The summed E-state index contributed by atoms with van der Waals surface area (Å²) in [6.07, 6.45) is -2.52. The molecular weight excluding hydrogens is 381 g/mol. The highest BCUT2D eigenvalue weighted by molar-refractivity contribution is 8.76. The molecule has 0 saturated heterocycles. The number of halogens is 3. The van der Waals surface area contributed by atoms with Gasteiger partial charge in [-0.25, -0.2) is 9.55 Å². The first-order chi connectivity index (χ1) is 12.4. The van der Waals surface area contributed by atoms with Gasteiger partial charge in [0.15, 0.2) is 5.52 Å². The largest absolute Gasteiger partial charge is 0.416 e. The Morgan fingerprint density at radius 1 is 1.23 bits per heavy atom. The number of hydrogen-bond donors (Lipinski definition) is 2. The van der Waals surface area contributed by atoms with Gasteiger partial charge < -0.3 is 5.73 Å². The quantitative estimate of drug-likeness (QED) is 0.374. The van der Waals surface area contributed by atoms with Gasteiger partial charge in [0.05, 0.1) is 23.2 Å². The van der Waals surface area contributed by atoms with Gasteiger partial charge in [0, 0.05) is 12.3 Å². The van der Waals surface area contributed by atoms with Gasteiger partial charge >= 0.3 is 12.1 Å². The molecule has 9 heteroatoms. The Balaban J connectivity index is 1.97. The van der Waals surface area contributed by atoms with Crippen LogP contribution < -0.4 is 10.3 Å². The number of aromatic nitrogens is 3. The number of aromatic amines is 1. The van der Waals surface area contributed by atoms with Crippen LogP contribution in [0.4, 0.5) is 13.2 Å². The van der Waals surface area contributed by atoms with Gasteiger partial charge in [-0.1, -0.05) is 32.6 Å². The molecule has 3 N–H and O–H groups in total. The number of hydrogen-bond acceptors (Lipinski definition) is 4. The third-order valence-corrected chi connectivity index (χ3v) is 6.15. The highest BCUT2D eigenvalue weighted by Crippen LogP contribution is 2.31. The highest BCUT2D eigenvalue weighted by atomic mass is 33.1. The van der Waals surface area contributed by atoms with E-state index in [4.69, 9.17) is 5.73 Å². The van der Waals surface area contributed by atoms with Gasteiger partial charge in [-0.2, -0.15) is 13.2 Å². The zero-order chi connectivity index (χ0) is 18.7. The fourth-order valence-corrected chi connectivity index (χ4v) is 4.53. The molecule has 4 nitrogen and oxygen atoms in total. The fourth-order valence-electron chi connectivity index (χ4n) is 2.52. The molecule has 0 unspecified atom stereocenters. The van der Waals surface area contributed by atoms with Gasteiger partial charge in [0.25, 0.3) is 0 Å². The summed E-state index contributed by atoms with van der Waals surface area (Å²) in [6, 6.07) is 7.43. The van der Waals surface area contributed by atoms with E-state index in [1.165, 1.54) is 6.07 Å². The Morgan fingerprint density at radius 2 is 2.04 bits per heavy atom. The number of H-pyrrole nitrogens is 1. The number of alkyl halides is 3. The van der Waals surface area contributed by atoms with Crippen LogP contribution >= 0.6 is 21.6 Å². The minimum absolute atomic E-state index is 0.361. The zero-order valence-corrected chi connectivity index (χ0v) is 15.6. The Bertz CT molecular complexity index is 909. The first kappa shape index (κ1) is 19.1. The van der Waals surface area contributed by atoms with Crippen molar-refractivity contribution in [3.63, 3.8) is 0 Å². The van der Waals surface area contributed by atoms with E-state index in [-0.39, 0.29) is 0 Å². The molecule has 0 bridgehead atoms. The van der Waals surface area contributed by atoms with Crippen molar-refractivity contribution in [1.29, 1.82) is 0 Å². The molecule has 2 heterocycles. The number of aryl methyl sites for hydroxylation is 1. The topological polar surface area (TPSA) is 58.6 Å². The normalized spacial score (nSPS) is 12.0. The van der Waals surface area contributed by atoms with Crippen LogP contribution in [0.3, 0.4) is 0 Å². The summed E-state index contributed by atoms with van der Waals surface area (Å²) < 4.78 is 40.6. The number of nitrogens with zero attached hydrogens (tertiary/aromatic N) is 2. The van der Waals surface area contributed by atoms with Crippen molar-refractivity contribution < 1.29 is 17.7 Å². The van der Waals surface area contributed by atoms with Crippen molar-refractivity contribution in [3.8, 4) is 5.95 Å². The van der Waals surface area contributed by atoms with Crippen LogP contribution in [0.1, 0.15) is 16.8 Å². The molecule has 1 aromatic carbocycles. The average Bonchev–Trinajstić information content (AvgIpc) is 3.02. The molecule has 3 aromatic rings. The van der Waals surface area contributed by atoms with Crippen molar-refractivity contribution >= 4 is 32.6 Å². The van der Waals surface area contributed by atoms with Crippen LogP contribution in [-0.2, 0) is 11.9 Å². The average molecular weight is 399 g/mol. The lowest BCUT2D eigenvalue weighted by Crippen LogP contribution is -2.37. The highest BCUT2D eigenvalue weighted by Gasteiger charge is 2.31. The summed E-state index contributed by atoms with van der Waals surface area (Å²) in [7, 11) is 3.39. The van der Waals surface area contributed by atoms with E-state index in [9.17, 15) is 13.2 Å². The first-order valence-electron chi connectivity index (χ1n) is 7.92. The number of imidazole rings is 1. The molecule has 2 aromatic heterocycles. The molecule has 0 radical (unpaired) electrons. The second-order valence-corrected chi connectivity index (χ2v) is 8.25. The zero-order valence-electron chi connectivity index (χ0n) is 14.0. The maximum absolute atomic E-state index is 12.9. The van der Waals surface area contributed by atoms with Gasteiger partial charge in [0.2, 0.25) is 0 Å². The molecule has 0 atom stereocenters. The first-order valence-corrected chi connectivity index (χ1v) is 10.4. The number of nitrogens with two attached hydrogens (primary N) is 1. The van der Waals surface area contributed by atoms with E-state index in [2.05, 4.69) is 9.97 Å². The van der Waals surface area contributed by atoms with E-state index >= 15 is 0 Å². The molecule has 0 aliphatic rings. The number of nitrogens with one attached hydrogen (secondary N) is 1. The molecule has 26 heavy (non-hydrogen) atoms. The van der Waals surface area contributed by atoms with E-state index in [0.29, 0.717) is 23.5 Å². The van der Waals surface area contributed by atoms with Crippen LogP contribution in [0.25, 0.3) is 17.0 Å². The van der Waals surface area contributed by atoms with Crippen molar-refractivity contribution in [1.82, 2.24) is 9.97 Å². The van der Waals surface area contributed by atoms with E-state index in [0.717, 1.165) is 34.9 Å². The van der Waals surface area contributed by atoms with Crippen LogP contribution in [-0.4, -0.2) is 22.3 Å². The number of rotatable bonds is 6. The summed E-state index contributed by atoms with van der Waals surface area (Å²) in [4.78, 5) is 7.47. The van der Waals surface area contributed by atoms with Gasteiger partial charge in [-0.05, 0) is 36.8 Å². The Kier molecular flexibility index (Phi) is 5.79. The Hall–Kier alpha value is -1.71. The third kappa shape index (κ3) is 4.16. The summed E-state index contributed by atoms with van der Waals surface area (Å²) >= 11 is 0. The van der Waals surface area contributed by atoms with Gasteiger partial charge in [-0.15, -0.1) is 0 Å². The predicted octanol–water partition coefficient (Wildman–Crippen LogP) is 4.01. The van der Waals surface area contributed by atoms with Crippen LogP contribution in [0, 0.1) is 6.92 Å². The van der Waals surface area contributed by atoms with Crippen molar-refractivity contribution in [3.05, 3.63) is 53.3 Å². The monoisotopic (exact) mass is 399 g/mol. The van der Waals surface area contributed by atoms with Crippen LogP contribution in [0.15, 0.2) is 36.5 Å². The van der Waals surface area contributed by atoms with E-state index < -0.39 is 11.7 Å². The number of fused-ring (bicyclic) bond motifs is 1. The van der Waals surface area contributed by atoms with E-state index in [1.807, 2.05) is 29.8 Å². The van der Waals surface area contributed by atoms with Crippen LogP contribution in [0.2, 0.25) is 0 Å². The van der Waals surface area contributed by atoms with Gasteiger partial charge in [0.1, 0.15) is 5.52 Å². The Morgan fingerprint density at radius 3 is 2.77 bits per heavy atom. The third-order valence-electron chi connectivity index (χ3n) is 3.83. The molecule has 138 valence electrons. The number of pyridine rings is 1. The maximum Gasteiger partial charge on any atom is 0.416 e. The lowest BCUT2D eigenvalue weighted by atomic mass is 10.2. The second kappa shape index (κ2) is 7.89. The summed E-state index contributed by atoms with van der Waals surface area (Å²) in [5.74, 6) is 2.10. The summed E-state index contributed by atoms with van der Waals surface area (Å²) in [6.45, 7) is 2.63. The summed E-state index contributed by atoms with van der Waals surface area (Å²) in [5, 5.41) is 0. The lowest BCUT2D eigenvalue weighted by Gasteiger charge is -2.08. The molecule has 0 amide bonds. The molecule has 0 aliphatic carbocycles. The van der Waals surface area contributed by atoms with Crippen molar-refractivity contribution in [2.75, 3.05) is 12.3 Å². The Labute approximate surface area is 156 Å². The minimum Gasteiger partial charge on any atom is -0.330 e. The van der Waals surface area contributed by atoms with Crippen molar-refractivity contribution in [2.45, 2.75) is 18.9 Å². The molecule has 0 saturated carbocycles. The second-order valence-electron chi connectivity index (χ2n) is 5.67. The minimum atomic E-state index is -4.38. The van der Waals surface area contributed by atoms with Crippen molar-refractivity contribution in [2.24, 2.45) is 5.73 Å². The van der Waals surface area contributed by atoms with E-state index in [1.54, 1.807) is 21.6 Å². The van der Waals surface area contributed by atoms with Crippen LogP contribution in [0.5, 0.6) is 0 Å². The molecular formula is C17H18F3N4S2+. The maximum atomic E-state index is 12.9. The molecule has 3 rings (SSSR count). The van der Waals surface area contributed by atoms with Gasteiger partial charge in [-0.3, -0.25) is 0 Å². The SMILES string of the molecule is Cc1ccc[n+](-c2nc3ccc(C(F)(F)F)cc3[nH]2)c1CSSCCN. The smallest absolute Gasteiger partial charge is 0.330 e. The fraction of sp³-hybridized carbons (Fsp3) is 0.294. The predicted molar refractivity (Wildman–Crippen MR) is 100 cm³/mol. The molecule has 0 aliphatic heterocycles.